The summed E-state index contributed by atoms with van der Waals surface area (Å²) in [6.45, 7) is 0.770. The summed E-state index contributed by atoms with van der Waals surface area (Å²) in [4.78, 5) is 3.65. The molecule has 0 spiro atoms. The molecule has 0 aliphatic heterocycles. The number of nitrogens with zero attached hydrogens (tertiary/aromatic N) is 1. The number of halogens is 3. The summed E-state index contributed by atoms with van der Waals surface area (Å²) in [5, 5.41) is 2.94. The lowest BCUT2D eigenvalue weighted by atomic mass is 10.1. The Labute approximate surface area is 104 Å². The number of hydrogen-bond acceptors (Lipinski definition) is 3. The van der Waals surface area contributed by atoms with Gasteiger partial charge in [-0.3, -0.25) is 0 Å². The van der Waals surface area contributed by atoms with Crippen molar-refractivity contribution in [1.29, 1.82) is 0 Å². The summed E-state index contributed by atoms with van der Waals surface area (Å²) in [6, 6.07) is 1.03. The molecule has 0 amide bonds. The lowest BCUT2D eigenvalue weighted by Gasteiger charge is -2.11. The van der Waals surface area contributed by atoms with Gasteiger partial charge in [-0.25, -0.2) is 4.98 Å². The highest BCUT2D eigenvalue weighted by atomic mass is 19.4. The predicted molar refractivity (Wildman–Crippen MR) is 63.4 cm³/mol. The number of rotatable bonds is 5. The molecule has 0 aliphatic rings. The number of alkyl halides is 3. The molecule has 0 fully saturated rings. The van der Waals surface area contributed by atoms with E-state index in [1.165, 1.54) is 13.3 Å². The summed E-state index contributed by atoms with van der Waals surface area (Å²) in [5.74, 6) is -0.408. The van der Waals surface area contributed by atoms with Gasteiger partial charge in [0.25, 0.3) is 0 Å². The Bertz CT molecular complexity index is 416. The zero-order valence-corrected chi connectivity index (χ0v) is 10.2. The van der Waals surface area contributed by atoms with Crippen LogP contribution in [0.2, 0.25) is 0 Å². The molecule has 1 N–H and O–H groups in total. The van der Waals surface area contributed by atoms with Gasteiger partial charge in [-0.1, -0.05) is 12.2 Å². The van der Waals surface area contributed by atoms with Crippen molar-refractivity contribution in [2.45, 2.75) is 12.6 Å². The van der Waals surface area contributed by atoms with Gasteiger partial charge < -0.3 is 10.1 Å². The molecule has 0 saturated heterocycles. The Hall–Kier alpha value is -1.56. The van der Waals surface area contributed by atoms with Crippen LogP contribution in [0.3, 0.4) is 0 Å². The summed E-state index contributed by atoms with van der Waals surface area (Å²) >= 11 is 0. The smallest absolute Gasteiger partial charge is 0.421 e. The van der Waals surface area contributed by atoms with Crippen LogP contribution in [0.1, 0.15) is 17.5 Å². The minimum Gasteiger partial charge on any atom is -0.481 e. The minimum absolute atomic E-state index is 0.402. The van der Waals surface area contributed by atoms with Crippen molar-refractivity contribution in [3.05, 3.63) is 29.5 Å². The number of hydrogen-bond donors (Lipinski definition) is 1. The van der Waals surface area contributed by atoms with Gasteiger partial charge in [-0.2, -0.15) is 13.2 Å². The van der Waals surface area contributed by atoms with Crippen molar-refractivity contribution in [3.63, 3.8) is 0 Å². The fourth-order valence-corrected chi connectivity index (χ4v) is 1.37. The third-order valence-electron chi connectivity index (χ3n) is 2.24. The Morgan fingerprint density at radius 2 is 2.17 bits per heavy atom. The molecule has 18 heavy (non-hydrogen) atoms. The van der Waals surface area contributed by atoms with Gasteiger partial charge >= 0.3 is 6.18 Å². The Morgan fingerprint density at radius 3 is 2.72 bits per heavy atom. The molecule has 0 aromatic carbocycles. The van der Waals surface area contributed by atoms with Crippen molar-refractivity contribution in [3.8, 4) is 5.88 Å². The summed E-state index contributed by atoms with van der Waals surface area (Å²) in [6.07, 6.45) is 1.03. The van der Waals surface area contributed by atoms with E-state index in [4.69, 9.17) is 0 Å². The van der Waals surface area contributed by atoms with Gasteiger partial charge in [0.1, 0.15) is 5.56 Å². The van der Waals surface area contributed by atoms with Crippen LogP contribution in [0.15, 0.2) is 18.3 Å². The molecule has 1 heterocycles. The van der Waals surface area contributed by atoms with Crippen LogP contribution >= 0.6 is 0 Å². The molecule has 1 rings (SSSR count). The first kappa shape index (κ1) is 14.5. The number of ether oxygens (including phenoxy) is 1. The molecule has 0 unspecified atom stereocenters. The fraction of sp³-hybridized carbons (Fsp3) is 0.417. The molecule has 0 bridgehead atoms. The zero-order chi connectivity index (χ0) is 13.6. The maximum atomic E-state index is 12.7. The maximum Gasteiger partial charge on any atom is 0.421 e. The highest BCUT2D eigenvalue weighted by molar-refractivity contribution is 5.51. The number of methoxy groups -OCH3 is 1. The SMILES string of the molecule is CNCCC=Cc1cnc(OC)c(C(F)(F)F)c1. The molecule has 1 aromatic rings. The topological polar surface area (TPSA) is 34.2 Å². The van der Waals surface area contributed by atoms with Gasteiger partial charge in [-0.15, -0.1) is 0 Å². The molecule has 3 nitrogen and oxygen atoms in total. The monoisotopic (exact) mass is 260 g/mol. The normalized spacial score (nSPS) is 12.1. The largest absolute Gasteiger partial charge is 0.481 e. The van der Waals surface area contributed by atoms with E-state index in [2.05, 4.69) is 15.0 Å². The van der Waals surface area contributed by atoms with E-state index >= 15 is 0 Å². The molecule has 6 heteroatoms. The summed E-state index contributed by atoms with van der Waals surface area (Å²) in [5.41, 5.74) is -0.458. The van der Waals surface area contributed by atoms with Crippen molar-refractivity contribution >= 4 is 6.08 Å². The number of nitrogens with one attached hydrogen (secondary N) is 1. The molecule has 0 radical (unpaired) electrons. The third-order valence-corrected chi connectivity index (χ3v) is 2.24. The first-order valence-corrected chi connectivity index (χ1v) is 5.41. The lowest BCUT2D eigenvalue weighted by molar-refractivity contribution is -0.139. The van der Waals surface area contributed by atoms with Crippen LogP contribution in [0, 0.1) is 0 Å². The van der Waals surface area contributed by atoms with E-state index in [-0.39, 0.29) is 0 Å². The molecule has 0 atom stereocenters. The van der Waals surface area contributed by atoms with Crippen LogP contribution in [-0.4, -0.2) is 25.7 Å². The molecule has 1 aromatic heterocycles. The van der Waals surface area contributed by atoms with Gasteiger partial charge in [0, 0.05) is 6.20 Å². The van der Waals surface area contributed by atoms with Crippen LogP contribution in [-0.2, 0) is 6.18 Å². The molecule has 0 aliphatic carbocycles. The summed E-state index contributed by atoms with van der Waals surface area (Å²) < 4.78 is 42.7. The van der Waals surface area contributed by atoms with Crippen molar-refractivity contribution in [2.75, 3.05) is 20.7 Å². The van der Waals surface area contributed by atoms with Gasteiger partial charge in [0.15, 0.2) is 0 Å². The van der Waals surface area contributed by atoms with Gasteiger partial charge in [0.2, 0.25) is 5.88 Å². The second-order valence-corrected chi connectivity index (χ2v) is 3.62. The molecule has 0 saturated carbocycles. The second-order valence-electron chi connectivity index (χ2n) is 3.62. The van der Waals surface area contributed by atoms with E-state index in [1.807, 2.05) is 7.05 Å². The van der Waals surface area contributed by atoms with Crippen LogP contribution in [0.5, 0.6) is 5.88 Å². The number of aromatic nitrogens is 1. The average Bonchev–Trinajstić information content (AvgIpc) is 2.33. The Kier molecular flexibility index (Phi) is 5.15. The lowest BCUT2D eigenvalue weighted by Crippen LogP contribution is -2.09. The van der Waals surface area contributed by atoms with E-state index in [1.54, 1.807) is 12.2 Å². The average molecular weight is 260 g/mol. The molecule has 100 valence electrons. The maximum absolute atomic E-state index is 12.7. The van der Waals surface area contributed by atoms with Crippen molar-refractivity contribution in [2.24, 2.45) is 0 Å². The zero-order valence-electron chi connectivity index (χ0n) is 10.2. The predicted octanol–water partition coefficient (Wildman–Crippen LogP) is 2.73. The van der Waals surface area contributed by atoms with E-state index < -0.39 is 17.6 Å². The second kappa shape index (κ2) is 6.39. The molecular weight excluding hydrogens is 245 g/mol. The summed E-state index contributed by atoms with van der Waals surface area (Å²) in [7, 11) is 2.98. The van der Waals surface area contributed by atoms with Crippen molar-refractivity contribution < 1.29 is 17.9 Å². The van der Waals surface area contributed by atoms with E-state index in [0.29, 0.717) is 5.56 Å². The van der Waals surface area contributed by atoms with Crippen molar-refractivity contribution in [1.82, 2.24) is 10.3 Å². The van der Waals surface area contributed by atoms with Gasteiger partial charge in [0.05, 0.1) is 7.11 Å². The Balaban J connectivity index is 2.93. The van der Waals surface area contributed by atoms with Crippen LogP contribution < -0.4 is 10.1 Å². The highest BCUT2D eigenvalue weighted by Gasteiger charge is 2.35. The standard InChI is InChI=1S/C12H15F3N2O/c1-16-6-4-3-5-9-7-10(12(13,14)15)11(18-2)17-8-9/h3,5,7-8,16H,4,6H2,1-2H3. The highest BCUT2D eigenvalue weighted by Crippen LogP contribution is 2.35. The van der Waals surface area contributed by atoms with E-state index in [0.717, 1.165) is 19.0 Å². The van der Waals surface area contributed by atoms with Gasteiger partial charge in [-0.05, 0) is 31.6 Å². The Morgan fingerprint density at radius 1 is 1.44 bits per heavy atom. The van der Waals surface area contributed by atoms with Crippen LogP contribution in [0.4, 0.5) is 13.2 Å². The molecular formula is C12H15F3N2O. The first-order valence-electron chi connectivity index (χ1n) is 5.41. The quantitative estimate of drug-likeness (QED) is 0.826. The van der Waals surface area contributed by atoms with E-state index in [9.17, 15) is 13.2 Å². The number of pyridine rings is 1. The minimum atomic E-state index is -4.47. The fourth-order valence-electron chi connectivity index (χ4n) is 1.37. The third kappa shape index (κ3) is 4.03. The first-order chi connectivity index (χ1) is 8.49. The van der Waals surface area contributed by atoms with Crippen LogP contribution in [0.25, 0.3) is 6.08 Å².